The Hall–Kier alpha value is -1.46. The number of rotatable bonds is 6. The molecule has 1 saturated heterocycles. The quantitative estimate of drug-likeness (QED) is 0.808. The maximum absolute atomic E-state index is 10.3. The molecule has 2 aromatic rings. The summed E-state index contributed by atoms with van der Waals surface area (Å²) in [6.07, 6.45) is -0.465. The summed E-state index contributed by atoms with van der Waals surface area (Å²) >= 11 is 0. The number of ether oxygens (including phenoxy) is 1. The highest BCUT2D eigenvalue weighted by Gasteiger charge is 2.19. The third kappa shape index (κ3) is 6.36. The molecule has 1 aliphatic heterocycles. The maximum atomic E-state index is 10.3. The number of para-hydroxylation sites is 2. The molecule has 0 aliphatic carbocycles. The Kier molecular flexibility index (Phi) is 9.81. The van der Waals surface area contributed by atoms with Crippen LogP contribution in [0.4, 0.5) is 5.69 Å². The highest BCUT2D eigenvalue weighted by atomic mass is 35.5. The molecule has 3 rings (SSSR count). The van der Waals surface area contributed by atoms with E-state index in [1.807, 2.05) is 37.3 Å². The largest absolute Gasteiger partial charge is 0.491 e. The minimum Gasteiger partial charge on any atom is -0.491 e. The van der Waals surface area contributed by atoms with E-state index in [0.717, 1.165) is 37.5 Å². The van der Waals surface area contributed by atoms with Gasteiger partial charge in [-0.2, -0.15) is 0 Å². The van der Waals surface area contributed by atoms with Crippen LogP contribution in [0.3, 0.4) is 0 Å². The smallest absolute Gasteiger partial charge is 0.122 e. The van der Waals surface area contributed by atoms with Gasteiger partial charge in [-0.15, -0.1) is 24.8 Å². The summed E-state index contributed by atoms with van der Waals surface area (Å²) in [6, 6.07) is 18.4. The van der Waals surface area contributed by atoms with Gasteiger partial charge >= 0.3 is 0 Å². The fraction of sp³-hybridized carbons (Fsp3) is 0.400. The SMILES string of the molecule is Cc1ccccc1OCC(O)CN1CCN(c2ccccc2)CC1.Cl.Cl. The summed E-state index contributed by atoms with van der Waals surface area (Å²) in [5, 5.41) is 10.3. The average molecular weight is 399 g/mol. The number of hydrogen-bond acceptors (Lipinski definition) is 4. The van der Waals surface area contributed by atoms with Crippen molar-refractivity contribution in [2.24, 2.45) is 0 Å². The van der Waals surface area contributed by atoms with Crippen LogP contribution in [0.5, 0.6) is 5.75 Å². The van der Waals surface area contributed by atoms with Crippen molar-refractivity contribution in [3.05, 3.63) is 60.2 Å². The van der Waals surface area contributed by atoms with Crippen LogP contribution in [-0.2, 0) is 0 Å². The molecule has 0 bridgehead atoms. The fourth-order valence-electron chi connectivity index (χ4n) is 3.08. The number of aliphatic hydroxyl groups is 1. The molecule has 2 aromatic carbocycles. The normalized spacial score (nSPS) is 15.5. The van der Waals surface area contributed by atoms with Crippen molar-refractivity contribution in [2.75, 3.05) is 44.2 Å². The predicted molar refractivity (Wildman–Crippen MR) is 112 cm³/mol. The molecule has 1 fully saturated rings. The van der Waals surface area contributed by atoms with E-state index >= 15 is 0 Å². The van der Waals surface area contributed by atoms with Gasteiger partial charge in [-0.05, 0) is 30.7 Å². The molecule has 6 heteroatoms. The van der Waals surface area contributed by atoms with E-state index in [4.69, 9.17) is 4.74 Å². The van der Waals surface area contributed by atoms with E-state index in [9.17, 15) is 5.11 Å². The maximum Gasteiger partial charge on any atom is 0.122 e. The number of benzene rings is 2. The monoisotopic (exact) mass is 398 g/mol. The molecule has 1 aliphatic rings. The van der Waals surface area contributed by atoms with Gasteiger partial charge in [0.1, 0.15) is 18.5 Å². The lowest BCUT2D eigenvalue weighted by atomic mass is 10.2. The van der Waals surface area contributed by atoms with E-state index in [0.29, 0.717) is 13.2 Å². The fourth-order valence-corrected chi connectivity index (χ4v) is 3.08. The number of halogens is 2. The van der Waals surface area contributed by atoms with E-state index < -0.39 is 6.10 Å². The van der Waals surface area contributed by atoms with Gasteiger partial charge in [-0.1, -0.05) is 36.4 Å². The highest BCUT2D eigenvalue weighted by molar-refractivity contribution is 5.85. The van der Waals surface area contributed by atoms with Crippen LogP contribution in [0, 0.1) is 6.92 Å². The summed E-state index contributed by atoms with van der Waals surface area (Å²) in [4.78, 5) is 4.71. The minimum absolute atomic E-state index is 0. The molecule has 1 N–H and O–H groups in total. The Morgan fingerprint density at radius 1 is 0.923 bits per heavy atom. The van der Waals surface area contributed by atoms with Crippen molar-refractivity contribution < 1.29 is 9.84 Å². The van der Waals surface area contributed by atoms with E-state index in [-0.39, 0.29) is 24.8 Å². The third-order valence-electron chi connectivity index (χ3n) is 4.49. The van der Waals surface area contributed by atoms with Gasteiger partial charge in [0.15, 0.2) is 0 Å². The van der Waals surface area contributed by atoms with Crippen molar-refractivity contribution in [1.29, 1.82) is 0 Å². The second-order valence-corrected chi connectivity index (χ2v) is 6.35. The molecule has 1 unspecified atom stereocenters. The zero-order valence-corrected chi connectivity index (χ0v) is 16.7. The highest BCUT2D eigenvalue weighted by Crippen LogP contribution is 2.17. The standard InChI is InChI=1S/C20H26N2O2.2ClH/c1-17-7-5-6-10-20(17)24-16-19(23)15-21-11-13-22(14-12-21)18-8-3-2-4-9-18;;/h2-10,19,23H,11-16H2,1H3;2*1H. The van der Waals surface area contributed by atoms with Crippen LogP contribution < -0.4 is 9.64 Å². The minimum atomic E-state index is -0.465. The first kappa shape index (κ1) is 22.6. The van der Waals surface area contributed by atoms with Crippen LogP contribution in [0.15, 0.2) is 54.6 Å². The van der Waals surface area contributed by atoms with Crippen molar-refractivity contribution in [3.8, 4) is 5.75 Å². The number of β-amino-alcohol motifs (C(OH)–C–C–N with tert-alkyl or cyclic N) is 1. The second-order valence-electron chi connectivity index (χ2n) is 6.35. The lowest BCUT2D eigenvalue weighted by molar-refractivity contribution is 0.0661. The Morgan fingerprint density at radius 2 is 1.54 bits per heavy atom. The second kappa shape index (κ2) is 11.3. The molecule has 144 valence electrons. The number of piperazine rings is 1. The van der Waals surface area contributed by atoms with Crippen molar-refractivity contribution in [3.63, 3.8) is 0 Å². The number of nitrogens with zero attached hydrogens (tertiary/aromatic N) is 2. The van der Waals surface area contributed by atoms with E-state index in [1.54, 1.807) is 0 Å². The molecule has 0 aromatic heterocycles. The van der Waals surface area contributed by atoms with Crippen LogP contribution >= 0.6 is 24.8 Å². The zero-order valence-electron chi connectivity index (χ0n) is 15.1. The van der Waals surface area contributed by atoms with Gasteiger partial charge in [-0.25, -0.2) is 0 Å². The summed E-state index contributed by atoms with van der Waals surface area (Å²) in [7, 11) is 0. The number of aryl methyl sites for hydroxylation is 1. The van der Waals surface area contributed by atoms with Gasteiger partial charge < -0.3 is 14.7 Å². The lowest BCUT2D eigenvalue weighted by Gasteiger charge is -2.36. The molecule has 0 saturated carbocycles. The molecule has 0 radical (unpaired) electrons. The molecule has 1 atom stereocenters. The van der Waals surface area contributed by atoms with Crippen LogP contribution in [0.1, 0.15) is 5.56 Å². The first-order chi connectivity index (χ1) is 11.7. The van der Waals surface area contributed by atoms with Gasteiger partial charge in [0.25, 0.3) is 0 Å². The van der Waals surface area contributed by atoms with Crippen molar-refractivity contribution in [1.82, 2.24) is 4.90 Å². The lowest BCUT2D eigenvalue weighted by Crippen LogP contribution is -2.49. The first-order valence-corrected chi connectivity index (χ1v) is 8.61. The Balaban J connectivity index is 0.00000169. The predicted octanol–water partition coefficient (Wildman–Crippen LogP) is 3.40. The van der Waals surface area contributed by atoms with Crippen LogP contribution in [0.25, 0.3) is 0 Å². The number of aliphatic hydroxyl groups excluding tert-OH is 1. The molecule has 4 nitrogen and oxygen atoms in total. The Morgan fingerprint density at radius 3 is 2.19 bits per heavy atom. The summed E-state index contributed by atoms with van der Waals surface area (Å²) in [6.45, 7) is 6.94. The van der Waals surface area contributed by atoms with Gasteiger partial charge in [-0.3, -0.25) is 4.90 Å². The molecule has 1 heterocycles. The molecule has 26 heavy (non-hydrogen) atoms. The zero-order chi connectivity index (χ0) is 16.8. The molecular weight excluding hydrogens is 371 g/mol. The van der Waals surface area contributed by atoms with Gasteiger partial charge in [0, 0.05) is 38.4 Å². The number of hydrogen-bond donors (Lipinski definition) is 1. The van der Waals surface area contributed by atoms with Gasteiger partial charge in [0.05, 0.1) is 0 Å². The average Bonchev–Trinajstić information content (AvgIpc) is 2.62. The third-order valence-corrected chi connectivity index (χ3v) is 4.49. The van der Waals surface area contributed by atoms with Gasteiger partial charge in [0.2, 0.25) is 0 Å². The molecular formula is C20H28Cl2N2O2. The first-order valence-electron chi connectivity index (χ1n) is 8.61. The summed E-state index contributed by atoms with van der Waals surface area (Å²) < 4.78 is 5.74. The van der Waals surface area contributed by atoms with Crippen molar-refractivity contribution in [2.45, 2.75) is 13.0 Å². The van der Waals surface area contributed by atoms with E-state index in [1.165, 1.54) is 5.69 Å². The molecule has 0 amide bonds. The number of anilines is 1. The summed E-state index contributed by atoms with van der Waals surface area (Å²) in [5.74, 6) is 0.852. The van der Waals surface area contributed by atoms with E-state index in [2.05, 4.69) is 34.1 Å². The van der Waals surface area contributed by atoms with Crippen LogP contribution in [-0.4, -0.2) is 55.4 Å². The molecule has 0 spiro atoms. The Bertz CT molecular complexity index is 635. The topological polar surface area (TPSA) is 35.9 Å². The summed E-state index contributed by atoms with van der Waals surface area (Å²) in [5.41, 5.74) is 2.38. The Labute approximate surface area is 168 Å². The van der Waals surface area contributed by atoms with Crippen LogP contribution in [0.2, 0.25) is 0 Å². The van der Waals surface area contributed by atoms with Crippen molar-refractivity contribution >= 4 is 30.5 Å².